The highest BCUT2D eigenvalue weighted by molar-refractivity contribution is 7.16. The zero-order chi connectivity index (χ0) is 14.1. The second-order valence-electron chi connectivity index (χ2n) is 3.93. The van der Waals surface area contributed by atoms with Crippen LogP contribution in [0.3, 0.4) is 0 Å². The summed E-state index contributed by atoms with van der Waals surface area (Å²) in [4.78, 5) is 23.2. The summed E-state index contributed by atoms with van der Waals surface area (Å²) in [5, 5.41) is 13.3. The first-order chi connectivity index (χ1) is 9.67. The molecule has 0 saturated heterocycles. The van der Waals surface area contributed by atoms with Crippen LogP contribution in [0.1, 0.15) is 5.82 Å². The first-order valence-corrected chi connectivity index (χ1v) is 6.42. The van der Waals surface area contributed by atoms with Gasteiger partial charge in [0.25, 0.3) is 0 Å². The van der Waals surface area contributed by atoms with Crippen molar-refractivity contribution >= 4 is 33.2 Å². The van der Waals surface area contributed by atoms with Crippen LogP contribution in [0.4, 0.5) is 11.6 Å². The Balaban J connectivity index is 1.95. The Hall–Kier alpha value is -2.59. The van der Waals surface area contributed by atoms with Crippen molar-refractivity contribution in [2.24, 2.45) is 5.84 Å². The fourth-order valence-electron chi connectivity index (χ4n) is 1.77. The van der Waals surface area contributed by atoms with Gasteiger partial charge in [-0.15, -0.1) is 11.3 Å². The Bertz CT molecular complexity index is 781. The summed E-state index contributed by atoms with van der Waals surface area (Å²) in [7, 11) is 0. The minimum atomic E-state index is -0.549. The molecule has 102 valence electrons. The predicted octanol–water partition coefficient (Wildman–Crippen LogP) is 1.13. The monoisotopic (exact) mass is 291 g/mol. The van der Waals surface area contributed by atoms with E-state index in [-0.39, 0.29) is 12.4 Å². The number of hydrogen-bond donors (Lipinski definition) is 2. The molecule has 3 aromatic rings. The van der Waals surface area contributed by atoms with E-state index >= 15 is 0 Å². The van der Waals surface area contributed by atoms with Gasteiger partial charge < -0.3 is 20.1 Å². The highest BCUT2D eigenvalue weighted by atomic mass is 32.1. The first-order valence-electron chi connectivity index (χ1n) is 5.54. The Morgan fingerprint density at radius 2 is 2.35 bits per heavy atom. The molecule has 0 aliphatic rings. The van der Waals surface area contributed by atoms with E-state index in [1.165, 1.54) is 23.9 Å². The number of anilines is 1. The zero-order valence-electron chi connectivity index (χ0n) is 10.1. The van der Waals surface area contributed by atoms with E-state index in [1.54, 1.807) is 4.57 Å². The van der Waals surface area contributed by atoms with Gasteiger partial charge in [0.05, 0.1) is 11.9 Å². The van der Waals surface area contributed by atoms with Crippen molar-refractivity contribution in [3.63, 3.8) is 0 Å². The number of nitro groups is 1. The van der Waals surface area contributed by atoms with Gasteiger partial charge in [0, 0.05) is 0 Å². The standard InChI is InChI=1S/C10H9N7O2S/c11-15-9-6-1-2-20-10(6)14-7(13-9)3-16-4-8(12-5-16)17(18)19/h1-2,4-5H,3,11H2,(H,13,14,15). The van der Waals surface area contributed by atoms with Gasteiger partial charge >= 0.3 is 5.82 Å². The molecule has 3 rings (SSSR count). The van der Waals surface area contributed by atoms with Crippen molar-refractivity contribution in [1.29, 1.82) is 0 Å². The molecule has 3 heterocycles. The van der Waals surface area contributed by atoms with Crippen molar-refractivity contribution < 1.29 is 4.92 Å². The highest BCUT2D eigenvalue weighted by Gasteiger charge is 2.12. The molecule has 0 aromatic carbocycles. The largest absolute Gasteiger partial charge is 0.381 e. The molecule has 0 bridgehead atoms. The van der Waals surface area contributed by atoms with Crippen molar-refractivity contribution in [1.82, 2.24) is 19.5 Å². The summed E-state index contributed by atoms with van der Waals surface area (Å²) in [6.07, 6.45) is 2.70. The third-order valence-electron chi connectivity index (χ3n) is 2.64. The Labute approximate surface area is 116 Å². The quantitative estimate of drug-likeness (QED) is 0.419. The summed E-state index contributed by atoms with van der Waals surface area (Å²) >= 11 is 1.47. The van der Waals surface area contributed by atoms with Gasteiger partial charge in [-0.05, 0) is 21.4 Å². The third-order valence-corrected chi connectivity index (χ3v) is 3.45. The molecule has 0 spiro atoms. The lowest BCUT2D eigenvalue weighted by atomic mass is 10.4. The summed E-state index contributed by atoms with van der Waals surface area (Å²) in [5.41, 5.74) is 2.53. The number of nitrogens with two attached hydrogens (primary N) is 1. The van der Waals surface area contributed by atoms with Crippen LogP contribution in [0.5, 0.6) is 0 Å². The summed E-state index contributed by atoms with van der Waals surface area (Å²) in [5.74, 6) is 6.26. The number of nitrogen functional groups attached to an aromatic ring is 1. The number of thiophene rings is 1. The van der Waals surface area contributed by atoms with Gasteiger partial charge in [-0.3, -0.25) is 0 Å². The maximum Gasteiger partial charge on any atom is 0.381 e. The number of rotatable bonds is 4. The molecular weight excluding hydrogens is 282 g/mol. The number of nitrogens with zero attached hydrogens (tertiary/aromatic N) is 5. The molecule has 3 N–H and O–H groups in total. The highest BCUT2D eigenvalue weighted by Crippen LogP contribution is 2.24. The second-order valence-corrected chi connectivity index (χ2v) is 4.83. The Morgan fingerprint density at radius 3 is 3.05 bits per heavy atom. The van der Waals surface area contributed by atoms with E-state index < -0.39 is 4.92 Å². The summed E-state index contributed by atoms with van der Waals surface area (Å²) in [6.45, 7) is 0.281. The van der Waals surface area contributed by atoms with Gasteiger partial charge in [-0.25, -0.2) is 15.8 Å². The van der Waals surface area contributed by atoms with Crippen LogP contribution < -0.4 is 11.3 Å². The Morgan fingerprint density at radius 1 is 1.50 bits per heavy atom. The Kier molecular flexibility index (Phi) is 3.00. The lowest BCUT2D eigenvalue weighted by Crippen LogP contribution is -2.11. The smallest absolute Gasteiger partial charge is 0.358 e. The van der Waals surface area contributed by atoms with E-state index in [2.05, 4.69) is 20.4 Å². The second kappa shape index (κ2) is 4.83. The summed E-state index contributed by atoms with van der Waals surface area (Å²) < 4.78 is 1.55. The number of hydrazine groups is 1. The molecule has 3 aromatic heterocycles. The molecule has 0 saturated carbocycles. The average molecular weight is 291 g/mol. The maximum atomic E-state index is 10.6. The molecule has 0 radical (unpaired) electrons. The van der Waals surface area contributed by atoms with E-state index in [0.29, 0.717) is 11.6 Å². The van der Waals surface area contributed by atoms with E-state index in [1.807, 2.05) is 11.4 Å². The number of nitrogens with one attached hydrogen (secondary N) is 1. The molecule has 0 aliphatic heterocycles. The fourth-order valence-corrected chi connectivity index (χ4v) is 2.56. The molecule has 0 atom stereocenters. The van der Waals surface area contributed by atoms with Crippen LogP contribution in [0.15, 0.2) is 24.0 Å². The minimum absolute atomic E-state index is 0.209. The van der Waals surface area contributed by atoms with Gasteiger partial charge in [-0.2, -0.15) is 0 Å². The van der Waals surface area contributed by atoms with Gasteiger partial charge in [0.2, 0.25) is 6.33 Å². The van der Waals surface area contributed by atoms with Crippen LogP contribution in [-0.4, -0.2) is 24.4 Å². The van der Waals surface area contributed by atoms with Gasteiger partial charge in [-0.1, -0.05) is 0 Å². The van der Waals surface area contributed by atoms with Crippen molar-refractivity contribution in [3.8, 4) is 0 Å². The number of hydrogen-bond acceptors (Lipinski definition) is 8. The fraction of sp³-hybridized carbons (Fsp3) is 0.100. The average Bonchev–Trinajstić information content (AvgIpc) is 3.06. The molecule has 10 heteroatoms. The molecule has 0 fully saturated rings. The van der Waals surface area contributed by atoms with Crippen LogP contribution in [0.2, 0.25) is 0 Å². The third kappa shape index (κ3) is 2.17. The van der Waals surface area contributed by atoms with Crippen LogP contribution >= 0.6 is 11.3 Å². The lowest BCUT2D eigenvalue weighted by Gasteiger charge is -2.04. The van der Waals surface area contributed by atoms with Crippen molar-refractivity contribution in [2.45, 2.75) is 6.54 Å². The van der Waals surface area contributed by atoms with Gasteiger partial charge in [0.1, 0.15) is 11.0 Å². The molecular formula is C10H9N7O2S. The zero-order valence-corrected chi connectivity index (χ0v) is 10.9. The maximum absolute atomic E-state index is 10.6. The topological polar surface area (TPSA) is 125 Å². The van der Waals surface area contributed by atoms with E-state index in [4.69, 9.17) is 5.84 Å². The van der Waals surface area contributed by atoms with Crippen LogP contribution in [0.25, 0.3) is 10.2 Å². The number of fused-ring (bicyclic) bond motifs is 1. The van der Waals surface area contributed by atoms with Gasteiger partial charge in [0.15, 0.2) is 11.6 Å². The summed E-state index contributed by atoms with van der Waals surface area (Å²) in [6, 6.07) is 1.88. The van der Waals surface area contributed by atoms with Crippen LogP contribution in [0, 0.1) is 10.1 Å². The van der Waals surface area contributed by atoms with E-state index in [0.717, 1.165) is 10.2 Å². The first kappa shape index (κ1) is 12.4. The predicted molar refractivity (Wildman–Crippen MR) is 73.2 cm³/mol. The minimum Gasteiger partial charge on any atom is -0.358 e. The SMILES string of the molecule is NNc1nc(Cn2cnc([N+](=O)[O-])c2)nc2sccc12. The van der Waals surface area contributed by atoms with Crippen LogP contribution in [-0.2, 0) is 6.54 Å². The van der Waals surface area contributed by atoms with E-state index in [9.17, 15) is 10.1 Å². The molecule has 0 amide bonds. The molecule has 0 aliphatic carbocycles. The van der Waals surface area contributed by atoms with Crippen molar-refractivity contribution in [2.75, 3.05) is 5.43 Å². The number of aromatic nitrogens is 4. The normalized spacial score (nSPS) is 10.8. The van der Waals surface area contributed by atoms with Crippen molar-refractivity contribution in [3.05, 3.63) is 39.9 Å². The lowest BCUT2D eigenvalue weighted by molar-refractivity contribution is -0.389. The molecule has 9 nitrogen and oxygen atoms in total. The molecule has 0 unspecified atom stereocenters. The molecule has 20 heavy (non-hydrogen) atoms. The number of imidazole rings is 1.